The van der Waals surface area contributed by atoms with Crippen LogP contribution >= 0.6 is 11.3 Å². The Kier molecular flexibility index (Phi) is 4.82. The second kappa shape index (κ2) is 7.26. The van der Waals surface area contributed by atoms with Crippen molar-refractivity contribution >= 4 is 23.2 Å². The molecule has 0 bridgehead atoms. The Morgan fingerprint density at radius 3 is 2.78 bits per heavy atom. The normalized spacial score (nSPS) is 19.3. The smallest absolute Gasteiger partial charge is 0.252 e. The topological polar surface area (TPSA) is 88.3 Å². The maximum absolute atomic E-state index is 12.8. The molecule has 2 amide bonds. The quantitative estimate of drug-likeness (QED) is 0.798. The maximum Gasteiger partial charge on any atom is 0.252 e. The van der Waals surface area contributed by atoms with E-state index in [2.05, 4.69) is 22.0 Å². The highest BCUT2D eigenvalue weighted by Gasteiger charge is 2.44. The van der Waals surface area contributed by atoms with E-state index in [-0.39, 0.29) is 17.7 Å². The molecule has 1 saturated heterocycles. The third-order valence-corrected chi connectivity index (χ3v) is 6.25. The predicted molar refractivity (Wildman–Crippen MR) is 101 cm³/mol. The molecule has 3 heterocycles. The summed E-state index contributed by atoms with van der Waals surface area (Å²) in [6.07, 6.45) is 5.99. The Balaban J connectivity index is 1.50. The van der Waals surface area contributed by atoms with Crippen molar-refractivity contribution in [3.8, 4) is 10.7 Å². The molecule has 2 fully saturated rings. The van der Waals surface area contributed by atoms with Gasteiger partial charge in [-0.1, -0.05) is 37.1 Å². The molecule has 1 aliphatic heterocycles. The van der Waals surface area contributed by atoms with Crippen molar-refractivity contribution < 1.29 is 14.1 Å². The molecule has 8 heteroatoms. The zero-order chi connectivity index (χ0) is 18.9. The van der Waals surface area contributed by atoms with Crippen LogP contribution in [0.2, 0.25) is 0 Å². The molecule has 2 aromatic rings. The van der Waals surface area contributed by atoms with Crippen LogP contribution in [0.3, 0.4) is 0 Å². The molecule has 2 aliphatic rings. The fraction of sp³-hybridized carbons (Fsp3) is 0.474. The summed E-state index contributed by atoms with van der Waals surface area (Å²) in [7, 11) is 0. The molecule has 27 heavy (non-hydrogen) atoms. The summed E-state index contributed by atoms with van der Waals surface area (Å²) in [6, 6.07) is 3.89. The minimum absolute atomic E-state index is 0.0547. The Morgan fingerprint density at radius 2 is 2.11 bits per heavy atom. The van der Waals surface area contributed by atoms with Crippen LogP contribution < -0.4 is 5.32 Å². The van der Waals surface area contributed by atoms with E-state index in [0.29, 0.717) is 24.8 Å². The van der Waals surface area contributed by atoms with Crippen LogP contribution in [0.5, 0.6) is 0 Å². The first-order chi connectivity index (χ1) is 13.1. The first-order valence-corrected chi connectivity index (χ1v) is 10.1. The molecule has 0 radical (unpaired) electrons. The standard InChI is InChI=1S/C19H22N4O3S/c1-2-15(24)23-11-13(12-23)17(25)21-19(8-4-3-5-9-19)18-20-16(22-26-18)14-7-6-10-27-14/h2,6-7,10,13H,1,3-5,8-9,11-12H2,(H,21,25). The molecule has 1 saturated carbocycles. The lowest BCUT2D eigenvalue weighted by Crippen LogP contribution is -2.59. The third kappa shape index (κ3) is 3.41. The summed E-state index contributed by atoms with van der Waals surface area (Å²) < 4.78 is 5.59. The Bertz CT molecular complexity index is 833. The zero-order valence-electron chi connectivity index (χ0n) is 15.0. The number of carbonyl (C=O) groups excluding carboxylic acids is 2. The average molecular weight is 386 g/mol. The zero-order valence-corrected chi connectivity index (χ0v) is 15.8. The minimum atomic E-state index is -0.610. The van der Waals surface area contributed by atoms with Crippen molar-refractivity contribution in [2.45, 2.75) is 37.6 Å². The van der Waals surface area contributed by atoms with Gasteiger partial charge in [0, 0.05) is 13.1 Å². The molecule has 1 aliphatic carbocycles. The monoisotopic (exact) mass is 386 g/mol. The number of carbonyl (C=O) groups is 2. The number of likely N-dealkylation sites (tertiary alicyclic amines) is 1. The SMILES string of the molecule is C=CC(=O)N1CC(C(=O)NC2(c3nc(-c4cccs4)no3)CCCCC2)C1. The highest BCUT2D eigenvalue weighted by atomic mass is 32.1. The first-order valence-electron chi connectivity index (χ1n) is 9.23. The van der Waals surface area contributed by atoms with E-state index in [0.717, 1.165) is 37.0 Å². The van der Waals surface area contributed by atoms with Crippen LogP contribution in [0.4, 0.5) is 0 Å². The van der Waals surface area contributed by atoms with Crippen LogP contribution in [0.25, 0.3) is 10.7 Å². The Hall–Kier alpha value is -2.48. The van der Waals surface area contributed by atoms with Gasteiger partial charge in [-0.2, -0.15) is 4.98 Å². The third-order valence-electron chi connectivity index (χ3n) is 5.39. The molecule has 1 N–H and O–H groups in total. The molecule has 0 unspecified atom stereocenters. The van der Waals surface area contributed by atoms with Gasteiger partial charge in [0.25, 0.3) is 5.89 Å². The van der Waals surface area contributed by atoms with E-state index in [1.165, 1.54) is 6.08 Å². The van der Waals surface area contributed by atoms with E-state index >= 15 is 0 Å². The van der Waals surface area contributed by atoms with Gasteiger partial charge in [-0.25, -0.2) is 0 Å². The van der Waals surface area contributed by atoms with Gasteiger partial charge in [-0.05, 0) is 30.4 Å². The van der Waals surface area contributed by atoms with Crippen molar-refractivity contribution in [2.24, 2.45) is 5.92 Å². The van der Waals surface area contributed by atoms with Gasteiger partial charge in [-0.15, -0.1) is 11.3 Å². The summed E-state index contributed by atoms with van der Waals surface area (Å²) in [5.74, 6) is 0.653. The Morgan fingerprint density at radius 1 is 1.33 bits per heavy atom. The minimum Gasteiger partial charge on any atom is -0.341 e. The lowest BCUT2D eigenvalue weighted by atomic mass is 9.80. The number of nitrogens with one attached hydrogen (secondary N) is 1. The summed E-state index contributed by atoms with van der Waals surface area (Å²) in [5.41, 5.74) is -0.610. The average Bonchev–Trinajstić information content (AvgIpc) is 3.32. The van der Waals surface area contributed by atoms with Crippen LogP contribution in [0.1, 0.15) is 38.0 Å². The predicted octanol–water partition coefficient (Wildman–Crippen LogP) is 2.72. The molecular formula is C19H22N4O3S. The molecular weight excluding hydrogens is 364 g/mol. The number of aromatic nitrogens is 2. The molecule has 2 aromatic heterocycles. The summed E-state index contributed by atoms with van der Waals surface area (Å²) >= 11 is 1.55. The van der Waals surface area contributed by atoms with Crippen LogP contribution in [0, 0.1) is 5.92 Å². The second-order valence-corrected chi connectivity index (χ2v) is 8.12. The fourth-order valence-electron chi connectivity index (χ4n) is 3.76. The number of amides is 2. The van der Waals surface area contributed by atoms with Gasteiger partial charge in [0.2, 0.25) is 17.6 Å². The van der Waals surface area contributed by atoms with E-state index < -0.39 is 5.54 Å². The molecule has 7 nitrogen and oxygen atoms in total. The van der Waals surface area contributed by atoms with Crippen LogP contribution in [-0.4, -0.2) is 39.9 Å². The largest absolute Gasteiger partial charge is 0.341 e. The second-order valence-electron chi connectivity index (χ2n) is 7.18. The summed E-state index contributed by atoms with van der Waals surface area (Å²) in [5, 5.41) is 9.28. The van der Waals surface area contributed by atoms with Crippen molar-refractivity contribution in [3.63, 3.8) is 0 Å². The van der Waals surface area contributed by atoms with Gasteiger partial charge >= 0.3 is 0 Å². The lowest BCUT2D eigenvalue weighted by molar-refractivity contribution is -0.141. The molecule has 0 atom stereocenters. The lowest BCUT2D eigenvalue weighted by Gasteiger charge is -2.41. The van der Waals surface area contributed by atoms with E-state index in [9.17, 15) is 9.59 Å². The van der Waals surface area contributed by atoms with Crippen LogP contribution in [0.15, 0.2) is 34.7 Å². The van der Waals surface area contributed by atoms with Gasteiger partial charge < -0.3 is 14.7 Å². The number of nitrogens with zero attached hydrogens (tertiary/aromatic N) is 3. The fourth-order valence-corrected chi connectivity index (χ4v) is 4.41. The van der Waals surface area contributed by atoms with E-state index in [1.807, 2.05) is 17.5 Å². The van der Waals surface area contributed by atoms with Gasteiger partial charge in [0.05, 0.1) is 10.8 Å². The molecule has 0 aromatic carbocycles. The number of thiophene rings is 1. The molecule has 142 valence electrons. The summed E-state index contributed by atoms with van der Waals surface area (Å²) in [6.45, 7) is 4.34. The van der Waals surface area contributed by atoms with E-state index in [4.69, 9.17) is 4.52 Å². The first kappa shape index (κ1) is 17.9. The summed E-state index contributed by atoms with van der Waals surface area (Å²) in [4.78, 5) is 31.6. The highest BCUT2D eigenvalue weighted by molar-refractivity contribution is 7.13. The maximum atomic E-state index is 12.8. The Labute approximate surface area is 161 Å². The molecule has 0 spiro atoms. The van der Waals surface area contributed by atoms with Crippen molar-refractivity contribution in [2.75, 3.05) is 13.1 Å². The van der Waals surface area contributed by atoms with Crippen LogP contribution in [-0.2, 0) is 15.1 Å². The van der Waals surface area contributed by atoms with Crippen molar-refractivity contribution in [1.29, 1.82) is 0 Å². The van der Waals surface area contributed by atoms with Crippen molar-refractivity contribution in [3.05, 3.63) is 36.1 Å². The van der Waals surface area contributed by atoms with Gasteiger partial charge in [0.1, 0.15) is 5.54 Å². The van der Waals surface area contributed by atoms with Gasteiger partial charge in [0.15, 0.2) is 0 Å². The highest BCUT2D eigenvalue weighted by Crippen LogP contribution is 2.38. The number of hydrogen-bond acceptors (Lipinski definition) is 6. The van der Waals surface area contributed by atoms with Crippen molar-refractivity contribution in [1.82, 2.24) is 20.4 Å². The van der Waals surface area contributed by atoms with Gasteiger partial charge in [-0.3, -0.25) is 9.59 Å². The van der Waals surface area contributed by atoms with E-state index in [1.54, 1.807) is 16.2 Å². The molecule has 4 rings (SSSR count). The number of hydrogen-bond donors (Lipinski definition) is 1. The number of rotatable bonds is 5.